The van der Waals surface area contributed by atoms with Gasteiger partial charge in [0.15, 0.2) is 0 Å². The molecule has 0 heterocycles. The van der Waals surface area contributed by atoms with Gasteiger partial charge in [-0.05, 0) is 34.6 Å². The molecule has 0 saturated carbocycles. The average molecular weight is 186 g/mol. The Hall–Kier alpha value is -0.570. The van der Waals surface area contributed by atoms with Crippen LogP contribution in [0.5, 0.6) is 0 Å². The first-order valence-electron chi connectivity index (χ1n) is 4.69. The van der Waals surface area contributed by atoms with Gasteiger partial charge in [0.1, 0.15) is 0 Å². The van der Waals surface area contributed by atoms with Gasteiger partial charge in [0, 0.05) is 19.1 Å². The van der Waals surface area contributed by atoms with Crippen LogP contribution in [0.15, 0.2) is 0 Å². The Morgan fingerprint density at radius 2 is 1.69 bits per heavy atom. The van der Waals surface area contributed by atoms with Crippen molar-refractivity contribution in [3.05, 3.63) is 0 Å². The molecule has 2 N–H and O–H groups in total. The van der Waals surface area contributed by atoms with Crippen molar-refractivity contribution in [2.75, 3.05) is 13.6 Å². The summed E-state index contributed by atoms with van der Waals surface area (Å²) in [6, 6.07) is 0. The Bertz CT molecular complexity index is 192. The second-order valence-electron chi connectivity index (χ2n) is 4.67. The van der Waals surface area contributed by atoms with Gasteiger partial charge in [-0.2, -0.15) is 0 Å². The molecule has 0 aromatic carbocycles. The third-order valence-electron chi connectivity index (χ3n) is 2.97. The van der Waals surface area contributed by atoms with Crippen molar-refractivity contribution in [3.63, 3.8) is 0 Å². The molecule has 0 fully saturated rings. The highest BCUT2D eigenvalue weighted by Gasteiger charge is 2.41. The van der Waals surface area contributed by atoms with Crippen molar-refractivity contribution < 1.29 is 4.79 Å². The summed E-state index contributed by atoms with van der Waals surface area (Å²) in [6.07, 6.45) is 0. The molecule has 0 unspecified atom stereocenters. The van der Waals surface area contributed by atoms with E-state index in [-0.39, 0.29) is 5.91 Å². The fourth-order valence-electron chi connectivity index (χ4n) is 0.896. The van der Waals surface area contributed by atoms with Crippen molar-refractivity contribution in [2.45, 2.75) is 40.2 Å². The number of rotatable bonds is 3. The summed E-state index contributed by atoms with van der Waals surface area (Å²) in [5.74, 6) is 0.0995. The lowest BCUT2D eigenvalue weighted by molar-refractivity contribution is -0.141. The van der Waals surface area contributed by atoms with E-state index in [1.54, 1.807) is 11.9 Å². The minimum Gasteiger partial charge on any atom is -0.346 e. The molecule has 0 radical (unpaired) electrons. The van der Waals surface area contributed by atoms with E-state index in [1.165, 1.54) is 0 Å². The van der Waals surface area contributed by atoms with E-state index in [0.29, 0.717) is 0 Å². The van der Waals surface area contributed by atoms with E-state index >= 15 is 0 Å². The molecule has 0 aliphatic carbocycles. The summed E-state index contributed by atoms with van der Waals surface area (Å²) >= 11 is 0. The summed E-state index contributed by atoms with van der Waals surface area (Å²) < 4.78 is 0. The molecule has 1 amide bonds. The molecule has 78 valence electrons. The number of carbonyl (C=O) groups is 1. The predicted molar refractivity (Wildman–Crippen MR) is 55.4 cm³/mol. The standard InChI is InChI=1S/C10H22N2O/c1-7-12(6)8(13)9(2,3)10(4,5)11/h7,11H2,1-6H3. The van der Waals surface area contributed by atoms with Crippen LogP contribution < -0.4 is 5.73 Å². The van der Waals surface area contributed by atoms with E-state index in [0.717, 1.165) is 6.54 Å². The summed E-state index contributed by atoms with van der Waals surface area (Å²) in [5, 5.41) is 0. The molecule has 3 nitrogen and oxygen atoms in total. The number of hydrogen-bond acceptors (Lipinski definition) is 2. The van der Waals surface area contributed by atoms with Crippen LogP contribution in [0.4, 0.5) is 0 Å². The van der Waals surface area contributed by atoms with Gasteiger partial charge in [0.25, 0.3) is 0 Å². The first kappa shape index (κ1) is 12.4. The van der Waals surface area contributed by atoms with Gasteiger partial charge in [-0.1, -0.05) is 0 Å². The molecule has 0 rings (SSSR count). The first-order valence-corrected chi connectivity index (χ1v) is 4.69. The van der Waals surface area contributed by atoms with Gasteiger partial charge in [0.05, 0.1) is 5.41 Å². The Morgan fingerprint density at radius 1 is 1.31 bits per heavy atom. The van der Waals surface area contributed by atoms with E-state index in [1.807, 2.05) is 34.6 Å². The molecule has 0 aliphatic heterocycles. The van der Waals surface area contributed by atoms with Crippen LogP contribution in [-0.2, 0) is 4.79 Å². The number of carbonyl (C=O) groups excluding carboxylic acids is 1. The molecular weight excluding hydrogens is 164 g/mol. The largest absolute Gasteiger partial charge is 0.346 e. The second kappa shape index (κ2) is 3.66. The van der Waals surface area contributed by atoms with Gasteiger partial charge >= 0.3 is 0 Å². The van der Waals surface area contributed by atoms with Crippen molar-refractivity contribution in [2.24, 2.45) is 11.1 Å². The number of hydrogen-bond donors (Lipinski definition) is 1. The normalized spacial score (nSPS) is 12.8. The maximum absolute atomic E-state index is 11.9. The monoisotopic (exact) mass is 186 g/mol. The van der Waals surface area contributed by atoms with Crippen LogP contribution in [-0.4, -0.2) is 29.9 Å². The van der Waals surface area contributed by atoms with Crippen LogP contribution in [0.2, 0.25) is 0 Å². The summed E-state index contributed by atoms with van der Waals surface area (Å²) in [7, 11) is 1.80. The highest BCUT2D eigenvalue weighted by molar-refractivity contribution is 5.83. The van der Waals surface area contributed by atoms with Gasteiger partial charge < -0.3 is 10.6 Å². The zero-order valence-corrected chi connectivity index (χ0v) is 9.64. The van der Waals surface area contributed by atoms with Crippen LogP contribution in [0.1, 0.15) is 34.6 Å². The van der Waals surface area contributed by atoms with Gasteiger partial charge in [-0.3, -0.25) is 4.79 Å². The van der Waals surface area contributed by atoms with Gasteiger partial charge in [-0.25, -0.2) is 0 Å². The lowest BCUT2D eigenvalue weighted by Gasteiger charge is -2.39. The second-order valence-corrected chi connectivity index (χ2v) is 4.67. The topological polar surface area (TPSA) is 46.3 Å². The molecule has 0 atom stereocenters. The summed E-state index contributed by atoms with van der Waals surface area (Å²) in [6.45, 7) is 10.2. The zero-order valence-electron chi connectivity index (χ0n) is 9.64. The number of nitrogens with zero attached hydrogens (tertiary/aromatic N) is 1. The van der Waals surface area contributed by atoms with Crippen LogP contribution in [0.25, 0.3) is 0 Å². The fourth-order valence-corrected chi connectivity index (χ4v) is 0.896. The van der Waals surface area contributed by atoms with E-state index < -0.39 is 11.0 Å². The van der Waals surface area contributed by atoms with Gasteiger partial charge in [-0.15, -0.1) is 0 Å². The molecule has 0 aromatic rings. The van der Waals surface area contributed by atoms with Gasteiger partial charge in [0.2, 0.25) is 5.91 Å². The van der Waals surface area contributed by atoms with Crippen LogP contribution in [0, 0.1) is 5.41 Å². The third-order valence-corrected chi connectivity index (χ3v) is 2.97. The smallest absolute Gasteiger partial charge is 0.229 e. The molecule has 0 aliphatic rings. The Labute approximate surface area is 81.3 Å². The van der Waals surface area contributed by atoms with Crippen LogP contribution >= 0.6 is 0 Å². The first-order chi connectivity index (χ1) is 5.64. The highest BCUT2D eigenvalue weighted by atomic mass is 16.2. The lowest BCUT2D eigenvalue weighted by Crippen LogP contribution is -2.55. The van der Waals surface area contributed by atoms with Crippen LogP contribution in [0.3, 0.4) is 0 Å². The van der Waals surface area contributed by atoms with Crippen molar-refractivity contribution in [1.82, 2.24) is 4.90 Å². The SMILES string of the molecule is CCN(C)C(=O)C(C)(C)C(C)(C)N. The maximum Gasteiger partial charge on any atom is 0.229 e. The Balaban J connectivity index is 4.75. The fraction of sp³-hybridized carbons (Fsp3) is 0.900. The molecule has 0 saturated heterocycles. The predicted octanol–water partition coefficient (Wildman–Crippen LogP) is 1.23. The Kier molecular flexibility index (Phi) is 3.50. The quantitative estimate of drug-likeness (QED) is 0.720. The molecule has 0 bridgehead atoms. The average Bonchev–Trinajstić information content (AvgIpc) is 1.99. The van der Waals surface area contributed by atoms with E-state index in [9.17, 15) is 4.79 Å². The van der Waals surface area contributed by atoms with Crippen molar-refractivity contribution >= 4 is 5.91 Å². The third kappa shape index (κ3) is 2.44. The number of amides is 1. The molecule has 0 spiro atoms. The molecule has 0 aromatic heterocycles. The van der Waals surface area contributed by atoms with Crippen molar-refractivity contribution in [3.8, 4) is 0 Å². The zero-order chi connectivity index (χ0) is 10.9. The number of nitrogens with two attached hydrogens (primary N) is 1. The lowest BCUT2D eigenvalue weighted by atomic mass is 9.74. The minimum atomic E-state index is -0.516. The molecule has 3 heteroatoms. The summed E-state index contributed by atoms with van der Waals surface area (Å²) in [5.41, 5.74) is 4.95. The molecule has 13 heavy (non-hydrogen) atoms. The highest BCUT2D eigenvalue weighted by Crippen LogP contribution is 2.29. The Morgan fingerprint density at radius 3 is 1.92 bits per heavy atom. The van der Waals surface area contributed by atoms with E-state index in [2.05, 4.69) is 0 Å². The minimum absolute atomic E-state index is 0.0995. The van der Waals surface area contributed by atoms with E-state index in [4.69, 9.17) is 5.73 Å². The molecular formula is C10H22N2O. The maximum atomic E-state index is 11.9. The van der Waals surface area contributed by atoms with Crippen molar-refractivity contribution in [1.29, 1.82) is 0 Å². The summed E-state index contributed by atoms with van der Waals surface area (Å²) in [4.78, 5) is 13.6.